The third-order valence-electron chi connectivity index (χ3n) is 7.50. The van der Waals surface area contributed by atoms with Gasteiger partial charge in [0.25, 0.3) is 0 Å². The van der Waals surface area contributed by atoms with Gasteiger partial charge in [0.2, 0.25) is 11.8 Å². The second-order valence-corrected chi connectivity index (χ2v) is 12.5. The van der Waals surface area contributed by atoms with Crippen molar-refractivity contribution < 1.29 is 18.0 Å². The molecule has 2 atom stereocenters. The topological polar surface area (TPSA) is 107 Å². The Hall–Kier alpha value is -2.89. The van der Waals surface area contributed by atoms with Gasteiger partial charge in [0, 0.05) is 6.54 Å². The molecule has 35 heavy (non-hydrogen) atoms. The smallest absolute Gasteiger partial charge is 0.244 e. The number of carbonyl (C=O) groups is 2. The Morgan fingerprint density at radius 1 is 1.09 bits per heavy atom. The minimum absolute atomic E-state index is 0.00418. The molecule has 9 heteroatoms. The summed E-state index contributed by atoms with van der Waals surface area (Å²) >= 11 is 6.20. The van der Waals surface area contributed by atoms with Crippen molar-refractivity contribution in [3.8, 4) is 6.07 Å². The van der Waals surface area contributed by atoms with Gasteiger partial charge in [-0.15, -0.1) is 0 Å². The quantitative estimate of drug-likeness (QED) is 0.640. The second kappa shape index (κ2) is 8.35. The van der Waals surface area contributed by atoms with Crippen LogP contribution in [0.15, 0.2) is 53.4 Å². The van der Waals surface area contributed by atoms with Crippen LogP contribution in [-0.2, 0) is 24.8 Å². The van der Waals surface area contributed by atoms with E-state index in [1.165, 1.54) is 17.0 Å². The van der Waals surface area contributed by atoms with E-state index in [0.29, 0.717) is 25.7 Å². The number of likely N-dealkylation sites (tertiary alicyclic amines) is 1. The number of sulfone groups is 1. The lowest BCUT2D eigenvalue weighted by Crippen LogP contribution is -2.51. The molecule has 0 aromatic heterocycles. The number of nitrogens with one attached hydrogen (secondary N) is 1. The molecule has 3 fully saturated rings. The van der Waals surface area contributed by atoms with Crippen LogP contribution in [0.25, 0.3) is 0 Å². The number of nitriles is 1. The number of carbonyl (C=O) groups excluding carboxylic acids is 2. The zero-order chi connectivity index (χ0) is 25.0. The molecule has 0 radical (unpaired) electrons. The van der Waals surface area contributed by atoms with Crippen LogP contribution >= 0.6 is 11.6 Å². The molecule has 7 nitrogen and oxygen atoms in total. The molecule has 5 rings (SSSR count). The van der Waals surface area contributed by atoms with Crippen LogP contribution in [0.3, 0.4) is 0 Å². The van der Waals surface area contributed by atoms with Gasteiger partial charge in [0.15, 0.2) is 9.84 Å². The maximum atomic E-state index is 13.9. The molecule has 1 saturated heterocycles. The summed E-state index contributed by atoms with van der Waals surface area (Å²) in [4.78, 5) is 28.6. The number of benzene rings is 2. The van der Waals surface area contributed by atoms with E-state index in [1.54, 1.807) is 12.1 Å². The van der Waals surface area contributed by atoms with Gasteiger partial charge >= 0.3 is 0 Å². The van der Waals surface area contributed by atoms with E-state index < -0.39 is 38.0 Å². The lowest BCUT2D eigenvalue weighted by atomic mass is 9.93. The van der Waals surface area contributed by atoms with Gasteiger partial charge in [-0.05, 0) is 56.7 Å². The van der Waals surface area contributed by atoms with Crippen molar-refractivity contribution in [3.63, 3.8) is 0 Å². The van der Waals surface area contributed by atoms with E-state index >= 15 is 0 Å². The highest BCUT2D eigenvalue weighted by molar-refractivity contribution is 7.92. The van der Waals surface area contributed by atoms with Crippen LogP contribution in [0.2, 0.25) is 5.02 Å². The Morgan fingerprint density at radius 2 is 1.74 bits per heavy atom. The lowest BCUT2D eigenvalue weighted by molar-refractivity contribution is -0.140. The highest BCUT2D eigenvalue weighted by Crippen LogP contribution is 2.51. The summed E-state index contributed by atoms with van der Waals surface area (Å²) in [5.74, 6) is -0.714. The van der Waals surface area contributed by atoms with E-state index in [1.807, 2.05) is 31.2 Å². The lowest BCUT2D eigenvalue weighted by Gasteiger charge is -2.29. The fraction of sp³-hybridized carbons (Fsp3) is 0.423. The largest absolute Gasteiger partial charge is 0.336 e. The van der Waals surface area contributed by atoms with E-state index in [4.69, 9.17) is 11.6 Å². The zero-order valence-electron chi connectivity index (χ0n) is 19.3. The summed E-state index contributed by atoms with van der Waals surface area (Å²) in [6.07, 6.45) is 2.33. The molecule has 2 aromatic carbocycles. The second-order valence-electron chi connectivity index (χ2n) is 9.94. The van der Waals surface area contributed by atoms with Gasteiger partial charge < -0.3 is 10.2 Å². The van der Waals surface area contributed by atoms with Crippen molar-refractivity contribution in [2.24, 2.45) is 0 Å². The third-order valence-corrected chi connectivity index (χ3v) is 10.1. The Labute approximate surface area is 210 Å². The predicted octanol–water partition coefficient (Wildman–Crippen LogP) is 3.30. The summed E-state index contributed by atoms with van der Waals surface area (Å²) in [5.41, 5.74) is 0.287. The van der Waals surface area contributed by atoms with Crippen molar-refractivity contribution >= 4 is 33.3 Å². The first kappa shape index (κ1) is 23.8. The molecule has 2 aliphatic carbocycles. The molecular formula is C26H26ClN3O4S. The minimum atomic E-state index is -3.90. The summed E-state index contributed by atoms with van der Waals surface area (Å²) in [5, 5.41) is 11.3. The average molecular weight is 512 g/mol. The van der Waals surface area contributed by atoms with E-state index in [2.05, 4.69) is 11.4 Å². The number of rotatable bonds is 6. The van der Waals surface area contributed by atoms with Crippen molar-refractivity contribution in [2.45, 2.75) is 66.2 Å². The fourth-order valence-electron chi connectivity index (χ4n) is 4.96. The maximum absolute atomic E-state index is 13.9. The molecule has 0 spiro atoms. The van der Waals surface area contributed by atoms with Gasteiger partial charge in [-0.2, -0.15) is 5.26 Å². The molecule has 1 N–H and O–H groups in total. The zero-order valence-corrected chi connectivity index (χ0v) is 20.9. The van der Waals surface area contributed by atoms with Crippen LogP contribution in [0.5, 0.6) is 0 Å². The maximum Gasteiger partial charge on any atom is 0.244 e. The number of hydrogen-bond acceptors (Lipinski definition) is 5. The summed E-state index contributed by atoms with van der Waals surface area (Å²) in [6, 6.07) is 15.1. The number of aryl methyl sites for hydroxylation is 1. The molecule has 2 saturated carbocycles. The Balaban J connectivity index is 1.48. The van der Waals surface area contributed by atoms with Gasteiger partial charge in [-0.25, -0.2) is 8.42 Å². The molecule has 2 aromatic rings. The molecule has 1 heterocycles. The van der Waals surface area contributed by atoms with Gasteiger partial charge in [0.1, 0.15) is 11.6 Å². The monoisotopic (exact) mass is 511 g/mol. The molecule has 0 bridgehead atoms. The number of nitrogens with zero attached hydrogens (tertiary/aromatic N) is 2. The van der Waals surface area contributed by atoms with E-state index in [0.717, 1.165) is 11.1 Å². The molecule has 3 aliphatic rings. The van der Waals surface area contributed by atoms with Crippen molar-refractivity contribution in [3.05, 3.63) is 64.7 Å². The van der Waals surface area contributed by atoms with Crippen LogP contribution in [-0.4, -0.2) is 48.5 Å². The molecule has 2 amide bonds. The minimum Gasteiger partial charge on any atom is -0.336 e. The average Bonchev–Trinajstić information content (AvgIpc) is 3.76. The first-order valence-corrected chi connectivity index (χ1v) is 13.6. The molecule has 1 aliphatic heterocycles. The van der Waals surface area contributed by atoms with Crippen molar-refractivity contribution in [2.75, 3.05) is 6.54 Å². The number of halogens is 1. The first-order valence-electron chi connectivity index (χ1n) is 11.7. The number of hydrogen-bond donors (Lipinski definition) is 1. The highest BCUT2D eigenvalue weighted by Gasteiger charge is 2.58. The van der Waals surface area contributed by atoms with Gasteiger partial charge in [0.05, 0.1) is 26.7 Å². The van der Waals surface area contributed by atoms with Gasteiger partial charge in [-0.3, -0.25) is 9.59 Å². The summed E-state index contributed by atoms with van der Waals surface area (Å²) in [7, 11) is -3.90. The highest BCUT2D eigenvalue weighted by atomic mass is 35.5. The molecular weight excluding hydrogens is 486 g/mol. The number of amides is 2. The van der Waals surface area contributed by atoms with Crippen LogP contribution < -0.4 is 5.32 Å². The third kappa shape index (κ3) is 4.11. The molecule has 182 valence electrons. The van der Waals surface area contributed by atoms with E-state index in [9.17, 15) is 23.3 Å². The first-order chi connectivity index (χ1) is 16.6. The Kier molecular flexibility index (Phi) is 5.69. The van der Waals surface area contributed by atoms with Crippen LogP contribution in [0, 0.1) is 18.3 Å². The standard InChI is InChI=1S/C26H26ClN3O4S/c1-17-6-8-18(9-7-17)26(12-13-26)24(32)30-15-19(35(33,34)22-5-3-2-4-20(22)27)14-21(30)23(31)29-25(16-28)10-11-25/h2-9,19,21H,10-15H2,1H3,(H,29,31)/t19-,21+/m1/s1. The van der Waals surface area contributed by atoms with Crippen LogP contribution in [0.1, 0.15) is 43.2 Å². The summed E-state index contributed by atoms with van der Waals surface area (Å²) < 4.78 is 27.0. The van der Waals surface area contributed by atoms with Crippen LogP contribution in [0.4, 0.5) is 0 Å². The predicted molar refractivity (Wildman–Crippen MR) is 130 cm³/mol. The molecule has 0 unspecified atom stereocenters. The Morgan fingerprint density at radius 3 is 2.31 bits per heavy atom. The fourth-order valence-corrected chi connectivity index (χ4v) is 7.18. The van der Waals surface area contributed by atoms with Gasteiger partial charge in [-0.1, -0.05) is 53.6 Å². The van der Waals surface area contributed by atoms with Crippen molar-refractivity contribution in [1.29, 1.82) is 5.26 Å². The SMILES string of the molecule is Cc1ccc(C2(C(=O)N3C[C@H](S(=O)(=O)c4ccccc4Cl)C[C@H]3C(=O)NC3(C#N)CC3)CC2)cc1. The Bertz CT molecular complexity index is 1340. The summed E-state index contributed by atoms with van der Waals surface area (Å²) in [6.45, 7) is 1.87. The normalized spacial score (nSPS) is 23.9. The van der Waals surface area contributed by atoms with E-state index in [-0.39, 0.29) is 28.8 Å². The van der Waals surface area contributed by atoms with Crippen molar-refractivity contribution in [1.82, 2.24) is 10.2 Å².